The largest absolute Gasteiger partial charge is 0.444 e. The lowest BCUT2D eigenvalue weighted by Crippen LogP contribution is -2.44. The van der Waals surface area contributed by atoms with Crippen molar-refractivity contribution in [1.29, 1.82) is 0 Å². The molecule has 0 spiro atoms. The van der Waals surface area contributed by atoms with Gasteiger partial charge in [-0.05, 0) is 39.0 Å². The third-order valence-electron chi connectivity index (χ3n) is 4.17. The van der Waals surface area contributed by atoms with E-state index >= 15 is 0 Å². The summed E-state index contributed by atoms with van der Waals surface area (Å²) < 4.78 is 5.29. The molecule has 20 heavy (non-hydrogen) atoms. The van der Waals surface area contributed by atoms with Crippen molar-refractivity contribution in [1.82, 2.24) is 5.32 Å². The lowest BCUT2D eigenvalue weighted by atomic mass is 9.78. The maximum absolute atomic E-state index is 11.8. The van der Waals surface area contributed by atoms with Crippen molar-refractivity contribution in [3.8, 4) is 0 Å². The Hall–Kier alpha value is -0.770. The van der Waals surface area contributed by atoms with E-state index in [0.717, 1.165) is 12.3 Å². The number of hydrogen-bond acceptors (Lipinski definition) is 3. The van der Waals surface area contributed by atoms with Crippen LogP contribution in [0.2, 0.25) is 0 Å². The third kappa shape index (κ3) is 6.60. The molecule has 0 bridgehead atoms. The fraction of sp³-hybridized carbons (Fsp3) is 0.938. The molecule has 1 amide bonds. The van der Waals surface area contributed by atoms with E-state index in [0.29, 0.717) is 12.5 Å². The smallest absolute Gasteiger partial charge is 0.407 e. The van der Waals surface area contributed by atoms with Crippen molar-refractivity contribution < 1.29 is 9.53 Å². The zero-order valence-corrected chi connectivity index (χ0v) is 13.6. The van der Waals surface area contributed by atoms with Gasteiger partial charge in [0.25, 0.3) is 0 Å². The summed E-state index contributed by atoms with van der Waals surface area (Å²) in [5.74, 6) is 1.60. The van der Waals surface area contributed by atoms with Gasteiger partial charge in [0.15, 0.2) is 0 Å². The second-order valence-electron chi connectivity index (χ2n) is 7.11. The standard InChI is InChI=1S/C16H32N2O2/c1-5-12-6-8-13(9-7-12)10-14(11-17)18-15(19)20-16(2,3)4/h12-14H,5-11,17H2,1-4H3,(H,18,19). The highest BCUT2D eigenvalue weighted by atomic mass is 16.6. The van der Waals surface area contributed by atoms with Crippen molar-refractivity contribution in [2.45, 2.75) is 77.9 Å². The molecule has 1 aliphatic rings. The Balaban J connectivity index is 2.34. The van der Waals surface area contributed by atoms with Gasteiger partial charge in [0.05, 0.1) is 0 Å². The van der Waals surface area contributed by atoms with Crippen LogP contribution in [-0.2, 0) is 4.74 Å². The Bertz CT molecular complexity index is 291. The van der Waals surface area contributed by atoms with E-state index in [-0.39, 0.29) is 12.1 Å². The number of carbonyl (C=O) groups excluding carboxylic acids is 1. The number of hydrogen-bond donors (Lipinski definition) is 2. The van der Waals surface area contributed by atoms with E-state index in [2.05, 4.69) is 12.2 Å². The molecule has 0 heterocycles. The summed E-state index contributed by atoms with van der Waals surface area (Å²) in [5, 5.41) is 2.91. The average molecular weight is 284 g/mol. The molecule has 1 fully saturated rings. The molecule has 0 aromatic heterocycles. The second kappa shape index (κ2) is 7.87. The summed E-state index contributed by atoms with van der Waals surface area (Å²) in [5.41, 5.74) is 5.33. The van der Waals surface area contributed by atoms with Gasteiger partial charge in [-0.1, -0.05) is 39.0 Å². The number of alkyl carbamates (subject to hydrolysis) is 1. The number of amides is 1. The number of nitrogens with one attached hydrogen (secondary N) is 1. The summed E-state index contributed by atoms with van der Waals surface area (Å²) in [4.78, 5) is 11.8. The van der Waals surface area contributed by atoms with Crippen molar-refractivity contribution in [2.75, 3.05) is 6.54 Å². The summed E-state index contributed by atoms with van der Waals surface area (Å²) in [6.07, 6.45) is 7.11. The van der Waals surface area contributed by atoms with Crippen LogP contribution >= 0.6 is 0 Å². The van der Waals surface area contributed by atoms with Crippen LogP contribution in [0.3, 0.4) is 0 Å². The molecule has 3 N–H and O–H groups in total. The fourth-order valence-electron chi connectivity index (χ4n) is 2.97. The minimum atomic E-state index is -0.456. The predicted molar refractivity (Wildman–Crippen MR) is 82.6 cm³/mol. The molecule has 0 aromatic carbocycles. The van der Waals surface area contributed by atoms with E-state index in [9.17, 15) is 4.79 Å². The molecule has 0 aromatic rings. The zero-order chi connectivity index (χ0) is 15.2. The maximum atomic E-state index is 11.8. The van der Waals surface area contributed by atoms with Crippen LogP contribution in [0.4, 0.5) is 4.79 Å². The summed E-state index contributed by atoms with van der Waals surface area (Å²) in [6.45, 7) is 8.37. The van der Waals surface area contributed by atoms with Crippen LogP contribution < -0.4 is 11.1 Å². The lowest BCUT2D eigenvalue weighted by molar-refractivity contribution is 0.0496. The first-order valence-electron chi connectivity index (χ1n) is 8.03. The van der Waals surface area contributed by atoms with Crippen molar-refractivity contribution in [3.63, 3.8) is 0 Å². The molecular weight excluding hydrogens is 252 g/mol. The van der Waals surface area contributed by atoms with Crippen LogP contribution in [-0.4, -0.2) is 24.3 Å². The number of ether oxygens (including phenoxy) is 1. The van der Waals surface area contributed by atoms with Gasteiger partial charge in [0.2, 0.25) is 0 Å². The molecule has 1 aliphatic carbocycles. The average Bonchev–Trinajstić information content (AvgIpc) is 2.36. The third-order valence-corrected chi connectivity index (χ3v) is 4.17. The van der Waals surface area contributed by atoms with Crippen LogP contribution in [0.1, 0.15) is 66.2 Å². The summed E-state index contributed by atoms with van der Waals surface area (Å²) in [6, 6.07) is 0.0352. The molecular formula is C16H32N2O2. The van der Waals surface area contributed by atoms with Crippen LogP contribution in [0, 0.1) is 11.8 Å². The quantitative estimate of drug-likeness (QED) is 0.812. The van der Waals surface area contributed by atoms with Crippen LogP contribution in [0.15, 0.2) is 0 Å². The molecule has 1 unspecified atom stereocenters. The van der Waals surface area contributed by atoms with Crippen molar-refractivity contribution in [3.05, 3.63) is 0 Å². The van der Waals surface area contributed by atoms with Crippen molar-refractivity contribution in [2.24, 2.45) is 17.6 Å². The van der Waals surface area contributed by atoms with E-state index in [1.807, 2.05) is 20.8 Å². The van der Waals surface area contributed by atoms with Gasteiger partial charge in [-0.15, -0.1) is 0 Å². The van der Waals surface area contributed by atoms with Gasteiger partial charge in [0, 0.05) is 12.6 Å². The molecule has 1 saturated carbocycles. The van der Waals surface area contributed by atoms with Gasteiger partial charge in [-0.3, -0.25) is 0 Å². The normalized spacial score (nSPS) is 25.1. The Labute approximate surface area is 123 Å². The topological polar surface area (TPSA) is 64.3 Å². The highest BCUT2D eigenvalue weighted by Crippen LogP contribution is 2.32. The minimum Gasteiger partial charge on any atom is -0.444 e. The van der Waals surface area contributed by atoms with E-state index in [4.69, 9.17) is 10.5 Å². The molecule has 1 atom stereocenters. The number of rotatable bonds is 5. The monoisotopic (exact) mass is 284 g/mol. The zero-order valence-electron chi connectivity index (χ0n) is 13.6. The first-order chi connectivity index (χ1) is 9.34. The maximum Gasteiger partial charge on any atom is 0.407 e. The SMILES string of the molecule is CCC1CCC(CC(CN)NC(=O)OC(C)(C)C)CC1. The Morgan fingerprint density at radius 3 is 2.25 bits per heavy atom. The number of carbonyl (C=O) groups is 1. The van der Waals surface area contributed by atoms with Crippen LogP contribution in [0.25, 0.3) is 0 Å². The Kier molecular flexibility index (Phi) is 6.80. The molecule has 0 radical (unpaired) electrons. The molecule has 1 rings (SSSR count). The minimum absolute atomic E-state index is 0.0352. The van der Waals surface area contributed by atoms with Gasteiger partial charge in [-0.2, -0.15) is 0 Å². The molecule has 4 heteroatoms. The summed E-state index contributed by atoms with van der Waals surface area (Å²) in [7, 11) is 0. The van der Waals surface area contributed by atoms with E-state index < -0.39 is 5.60 Å². The molecule has 118 valence electrons. The predicted octanol–water partition coefficient (Wildman–Crippen LogP) is 3.44. The molecule has 0 saturated heterocycles. The highest BCUT2D eigenvalue weighted by molar-refractivity contribution is 5.68. The first-order valence-corrected chi connectivity index (χ1v) is 8.03. The summed E-state index contributed by atoms with van der Waals surface area (Å²) >= 11 is 0. The second-order valence-corrected chi connectivity index (χ2v) is 7.11. The van der Waals surface area contributed by atoms with Gasteiger partial charge in [-0.25, -0.2) is 4.79 Å². The molecule has 4 nitrogen and oxygen atoms in total. The molecule has 0 aliphatic heterocycles. The number of nitrogens with two attached hydrogens (primary N) is 1. The van der Waals surface area contributed by atoms with Gasteiger partial charge in [0.1, 0.15) is 5.60 Å². The van der Waals surface area contributed by atoms with E-state index in [1.165, 1.54) is 32.1 Å². The first kappa shape index (κ1) is 17.3. The fourth-order valence-corrected chi connectivity index (χ4v) is 2.97. The Morgan fingerprint density at radius 1 is 1.25 bits per heavy atom. The van der Waals surface area contributed by atoms with Crippen molar-refractivity contribution >= 4 is 6.09 Å². The van der Waals surface area contributed by atoms with Gasteiger partial charge < -0.3 is 15.8 Å². The van der Waals surface area contributed by atoms with E-state index in [1.54, 1.807) is 0 Å². The lowest BCUT2D eigenvalue weighted by Gasteiger charge is -2.30. The van der Waals surface area contributed by atoms with Crippen LogP contribution in [0.5, 0.6) is 0 Å². The van der Waals surface area contributed by atoms with Gasteiger partial charge >= 0.3 is 6.09 Å². The Morgan fingerprint density at radius 2 is 1.80 bits per heavy atom. The highest BCUT2D eigenvalue weighted by Gasteiger charge is 2.24.